The van der Waals surface area contributed by atoms with Gasteiger partial charge in [0.05, 0.1) is 0 Å². The Bertz CT molecular complexity index is 1140. The Morgan fingerprint density at radius 3 is 0.917 bits per heavy atom. The number of benzene rings is 2. The van der Waals surface area contributed by atoms with E-state index in [1.165, 1.54) is 0 Å². The maximum atomic E-state index is 13.1. The summed E-state index contributed by atoms with van der Waals surface area (Å²) < 4.78 is 64.2. The molecule has 2 aromatic rings. The molecule has 0 aromatic heterocycles. The molecule has 0 fully saturated rings. The predicted molar refractivity (Wildman–Crippen MR) is 157 cm³/mol. The van der Waals surface area contributed by atoms with E-state index in [2.05, 4.69) is 0 Å². The van der Waals surface area contributed by atoms with Crippen molar-refractivity contribution in [3.05, 3.63) is 48.5 Å². The molecule has 0 unspecified atom stereocenters. The third-order valence-electron chi connectivity index (χ3n) is 8.64. The molecule has 206 valence electrons. The van der Waals surface area contributed by atoms with Crippen LogP contribution in [0.25, 0.3) is 11.1 Å². The van der Waals surface area contributed by atoms with E-state index in [-0.39, 0.29) is 9.79 Å². The van der Waals surface area contributed by atoms with Gasteiger partial charge in [-0.2, -0.15) is 0 Å². The zero-order valence-electron chi connectivity index (χ0n) is 23.0. The molecule has 0 bridgehead atoms. The van der Waals surface area contributed by atoms with Gasteiger partial charge in [0.25, 0.3) is 0 Å². The van der Waals surface area contributed by atoms with Crippen molar-refractivity contribution in [2.75, 3.05) is 50.3 Å². The van der Waals surface area contributed by atoms with Crippen LogP contribution in [0.3, 0.4) is 0 Å². The molecular formula is C26H44O6P2S2. The average molecular weight is 579 g/mol. The fourth-order valence-electron chi connectivity index (χ4n) is 3.98. The SMILES string of the molecule is CCP(C)(CC)(CC)OS(=O)(=O)c1ccc(-c2ccc(S(=O)(=O)OP(C)(CC)(CC)CC)cc2)cc1. The average Bonchev–Trinajstić information content (AvgIpc) is 2.88. The second-order valence-electron chi connectivity index (χ2n) is 10.4. The van der Waals surface area contributed by atoms with E-state index in [9.17, 15) is 16.8 Å². The van der Waals surface area contributed by atoms with E-state index in [4.69, 9.17) is 7.94 Å². The fourth-order valence-corrected chi connectivity index (χ4v) is 15.7. The van der Waals surface area contributed by atoms with Crippen molar-refractivity contribution >= 4 is 33.9 Å². The first kappa shape index (κ1) is 31.3. The third kappa shape index (κ3) is 6.39. The molecule has 0 spiro atoms. The van der Waals surface area contributed by atoms with Gasteiger partial charge in [-0.25, -0.2) is 0 Å². The zero-order valence-corrected chi connectivity index (χ0v) is 26.4. The summed E-state index contributed by atoms with van der Waals surface area (Å²) in [5.74, 6) is 0. The normalized spacial score (nSPS) is 15.6. The van der Waals surface area contributed by atoms with Gasteiger partial charge in [0.1, 0.15) is 0 Å². The molecule has 0 aliphatic heterocycles. The molecule has 0 radical (unpaired) electrons. The van der Waals surface area contributed by atoms with Crippen molar-refractivity contribution in [2.24, 2.45) is 0 Å². The molecule has 36 heavy (non-hydrogen) atoms. The summed E-state index contributed by atoms with van der Waals surface area (Å²) in [4.78, 5) is 0.246. The van der Waals surface area contributed by atoms with Crippen molar-refractivity contribution in [2.45, 2.75) is 51.3 Å². The second kappa shape index (κ2) is 10.7. The van der Waals surface area contributed by atoms with E-state index in [0.717, 1.165) is 11.1 Å². The van der Waals surface area contributed by atoms with Crippen molar-refractivity contribution in [3.63, 3.8) is 0 Å². The van der Waals surface area contributed by atoms with Gasteiger partial charge in [0.2, 0.25) is 0 Å². The minimum absolute atomic E-state index is 0.123. The molecule has 0 amide bonds. The Morgan fingerprint density at radius 1 is 0.500 bits per heavy atom. The van der Waals surface area contributed by atoms with Crippen LogP contribution in [0.5, 0.6) is 0 Å². The van der Waals surface area contributed by atoms with Crippen LogP contribution in [0.1, 0.15) is 41.5 Å². The number of rotatable bonds is 13. The molecule has 0 aliphatic carbocycles. The Kier molecular flexibility index (Phi) is 9.32. The van der Waals surface area contributed by atoms with Crippen molar-refractivity contribution in [1.29, 1.82) is 0 Å². The summed E-state index contributed by atoms with van der Waals surface area (Å²) in [5, 5.41) is 0. The van der Waals surface area contributed by atoms with Gasteiger partial charge in [-0.1, -0.05) is 0 Å². The summed E-state index contributed by atoms with van der Waals surface area (Å²) in [5.41, 5.74) is 1.56. The molecule has 0 saturated carbocycles. The quantitative estimate of drug-likeness (QED) is 0.236. The number of hydrogen-bond acceptors (Lipinski definition) is 6. The van der Waals surface area contributed by atoms with E-state index in [0.29, 0.717) is 37.0 Å². The zero-order chi connectivity index (χ0) is 27.5. The number of hydrogen-bond donors (Lipinski definition) is 0. The Morgan fingerprint density at radius 2 is 0.722 bits per heavy atom. The van der Waals surface area contributed by atoms with Crippen LogP contribution in [0.15, 0.2) is 58.3 Å². The Hall–Kier alpha value is -0.880. The van der Waals surface area contributed by atoms with E-state index in [1.807, 2.05) is 54.9 Å². The van der Waals surface area contributed by atoms with E-state index < -0.39 is 33.9 Å². The summed E-state index contributed by atoms with van der Waals surface area (Å²) in [6.07, 6.45) is 4.20. The molecule has 10 heteroatoms. The Labute approximate surface area is 219 Å². The van der Waals surface area contributed by atoms with Gasteiger partial charge < -0.3 is 0 Å². The molecule has 0 atom stereocenters. The first-order valence-electron chi connectivity index (χ1n) is 12.7. The first-order valence-corrected chi connectivity index (χ1v) is 21.8. The van der Waals surface area contributed by atoms with Crippen LogP contribution < -0.4 is 0 Å². The summed E-state index contributed by atoms with van der Waals surface area (Å²) in [7, 11) is -7.81. The van der Waals surface area contributed by atoms with Gasteiger partial charge in [-0.15, -0.1) is 0 Å². The van der Waals surface area contributed by atoms with E-state index in [1.54, 1.807) is 48.5 Å². The third-order valence-corrected chi connectivity index (χ3v) is 26.3. The maximum absolute atomic E-state index is 13.1. The molecule has 0 saturated heterocycles. The summed E-state index contributed by atoms with van der Waals surface area (Å²) in [6.45, 7) is 10.3. The van der Waals surface area contributed by atoms with Crippen molar-refractivity contribution in [1.82, 2.24) is 0 Å². The van der Waals surface area contributed by atoms with Crippen LogP contribution >= 0.6 is 13.7 Å². The van der Waals surface area contributed by atoms with Gasteiger partial charge in [-0.05, 0) is 0 Å². The van der Waals surface area contributed by atoms with Crippen LogP contribution in [0, 0.1) is 0 Å². The van der Waals surface area contributed by atoms with Crippen LogP contribution in [-0.4, -0.2) is 67.1 Å². The van der Waals surface area contributed by atoms with Crippen molar-refractivity contribution < 1.29 is 24.8 Å². The van der Waals surface area contributed by atoms with Gasteiger partial charge >= 0.3 is 220 Å². The fraction of sp³-hybridized carbons (Fsp3) is 0.538. The van der Waals surface area contributed by atoms with Gasteiger partial charge in [0.15, 0.2) is 0 Å². The topological polar surface area (TPSA) is 86.7 Å². The molecule has 0 aliphatic rings. The minimum atomic E-state index is -3.90. The summed E-state index contributed by atoms with van der Waals surface area (Å²) in [6, 6.07) is 13.1. The van der Waals surface area contributed by atoms with E-state index >= 15 is 0 Å². The summed E-state index contributed by atoms with van der Waals surface area (Å²) >= 11 is 0. The van der Waals surface area contributed by atoms with Crippen LogP contribution in [0.2, 0.25) is 0 Å². The molecular weight excluding hydrogens is 534 g/mol. The van der Waals surface area contributed by atoms with Gasteiger partial charge in [-0.3, -0.25) is 0 Å². The first-order chi connectivity index (χ1) is 16.6. The molecule has 0 N–H and O–H groups in total. The molecule has 0 heterocycles. The standard InChI is InChI=1S/C26H44O6P2S2/c1-9-33(7,10-2,11-3)31-35(27,28)25-19-15-23(16-20-25)24-17-21-26(22-18-24)36(29,30)32-34(8,12-4,13-5)14-6/h15-22H,9-14H2,1-8H3. The van der Waals surface area contributed by atoms with Crippen LogP contribution in [0.4, 0.5) is 0 Å². The Balaban J connectivity index is 2.32. The molecule has 6 nitrogen and oxygen atoms in total. The van der Waals surface area contributed by atoms with Crippen molar-refractivity contribution in [3.8, 4) is 11.1 Å². The molecule has 2 aromatic carbocycles. The second-order valence-corrected chi connectivity index (χ2v) is 26.9. The monoisotopic (exact) mass is 578 g/mol. The predicted octanol–water partition coefficient (Wildman–Crippen LogP) is 7.08. The van der Waals surface area contributed by atoms with Gasteiger partial charge in [0, 0.05) is 0 Å². The van der Waals surface area contributed by atoms with Crippen LogP contribution in [-0.2, 0) is 28.2 Å². The molecule has 2 rings (SSSR count).